The van der Waals surface area contributed by atoms with E-state index >= 15 is 0 Å². The molecule has 0 heterocycles. The summed E-state index contributed by atoms with van der Waals surface area (Å²) in [6.45, 7) is 2.26. The number of benzene rings is 2. The summed E-state index contributed by atoms with van der Waals surface area (Å²) >= 11 is 0. The molecular weight excluding hydrogens is 510 g/mol. The molecule has 0 aromatic heterocycles. The van der Waals surface area contributed by atoms with E-state index in [1.54, 1.807) is 6.07 Å². The van der Waals surface area contributed by atoms with Crippen molar-refractivity contribution < 1.29 is 89.4 Å². The number of hydrogen-bond acceptors (Lipinski definition) is 7. The summed E-state index contributed by atoms with van der Waals surface area (Å²) in [7, 11) is -8.91. The molecular formula is C24H33Na2O7S2+. The first-order valence-electron chi connectivity index (χ1n) is 11.5. The minimum Gasteiger partial charge on any atom is -0.744 e. The van der Waals surface area contributed by atoms with Gasteiger partial charge in [-0.3, -0.25) is 4.18 Å². The zero-order chi connectivity index (χ0) is 24.2. The van der Waals surface area contributed by atoms with E-state index in [4.69, 9.17) is 8.92 Å². The zero-order valence-corrected chi connectivity index (χ0v) is 26.7. The fourth-order valence-corrected chi connectivity index (χ4v) is 5.09. The summed E-state index contributed by atoms with van der Waals surface area (Å²) in [5.74, 6) is -0.360. The topological polar surface area (TPSA) is 110 Å². The van der Waals surface area contributed by atoms with E-state index in [1.165, 1.54) is 74.9 Å². The van der Waals surface area contributed by atoms with Crippen molar-refractivity contribution in [2.45, 2.75) is 80.9 Å². The van der Waals surface area contributed by atoms with Crippen LogP contribution in [0.3, 0.4) is 0 Å². The molecule has 0 aliphatic rings. The Morgan fingerprint density at radius 2 is 1.09 bits per heavy atom. The SMILES string of the molecule is CCCCCCCCCCCCOS(=O)(=O)c1ccccc1Oc1ccccc1S(=O)(=O)[O-].[Na+].[Na+]. The van der Waals surface area contributed by atoms with Crippen molar-refractivity contribution in [1.82, 2.24) is 0 Å². The summed E-state index contributed by atoms with van der Waals surface area (Å²) in [5, 5.41) is 0. The van der Waals surface area contributed by atoms with Crippen molar-refractivity contribution in [3.8, 4) is 11.5 Å². The first-order valence-corrected chi connectivity index (χ1v) is 14.3. The molecule has 0 saturated carbocycles. The van der Waals surface area contributed by atoms with Crippen LogP contribution in [-0.4, -0.2) is 28.0 Å². The molecule has 35 heavy (non-hydrogen) atoms. The maximum Gasteiger partial charge on any atom is 1.00 e. The van der Waals surface area contributed by atoms with E-state index in [9.17, 15) is 21.4 Å². The van der Waals surface area contributed by atoms with Gasteiger partial charge in [-0.1, -0.05) is 89.0 Å². The third-order valence-corrected chi connectivity index (χ3v) is 7.42. The third-order valence-electron chi connectivity index (χ3n) is 5.19. The predicted molar refractivity (Wildman–Crippen MR) is 126 cm³/mol. The average Bonchev–Trinajstić information content (AvgIpc) is 2.77. The molecule has 2 rings (SSSR count). The Morgan fingerprint density at radius 3 is 1.60 bits per heavy atom. The number of rotatable bonds is 16. The fraction of sp³-hybridized carbons (Fsp3) is 0.500. The molecule has 0 amide bonds. The van der Waals surface area contributed by atoms with Gasteiger partial charge < -0.3 is 9.29 Å². The van der Waals surface area contributed by atoms with Gasteiger partial charge in [0.1, 0.15) is 26.5 Å². The Kier molecular flexibility index (Phi) is 18.4. The molecule has 0 bridgehead atoms. The molecule has 2 aromatic carbocycles. The first kappa shape index (κ1) is 35.1. The minimum atomic E-state index is -4.79. The van der Waals surface area contributed by atoms with Crippen molar-refractivity contribution in [2.24, 2.45) is 0 Å². The molecule has 0 radical (unpaired) electrons. The van der Waals surface area contributed by atoms with Crippen LogP contribution in [-0.2, 0) is 24.4 Å². The Labute approximate surface area is 254 Å². The molecule has 184 valence electrons. The Balaban J connectivity index is 0.00000578. The van der Waals surface area contributed by atoms with Gasteiger partial charge in [0.05, 0.1) is 11.5 Å². The van der Waals surface area contributed by atoms with Crippen molar-refractivity contribution in [3.63, 3.8) is 0 Å². The van der Waals surface area contributed by atoms with Crippen molar-refractivity contribution in [3.05, 3.63) is 48.5 Å². The quantitative estimate of drug-likeness (QED) is 0.127. The van der Waals surface area contributed by atoms with Crippen LogP contribution in [0.1, 0.15) is 71.1 Å². The molecule has 7 nitrogen and oxygen atoms in total. The van der Waals surface area contributed by atoms with Crippen LogP contribution in [0.15, 0.2) is 58.3 Å². The number of hydrogen-bond donors (Lipinski definition) is 0. The molecule has 0 aliphatic heterocycles. The van der Waals surface area contributed by atoms with E-state index in [0.29, 0.717) is 6.42 Å². The van der Waals surface area contributed by atoms with Crippen LogP contribution in [0.5, 0.6) is 11.5 Å². The minimum absolute atomic E-state index is 0. The molecule has 0 unspecified atom stereocenters. The van der Waals surface area contributed by atoms with Crippen LogP contribution >= 0.6 is 0 Å². The monoisotopic (exact) mass is 543 g/mol. The van der Waals surface area contributed by atoms with Gasteiger partial charge >= 0.3 is 69.2 Å². The van der Waals surface area contributed by atoms with Gasteiger partial charge in [-0.05, 0) is 30.7 Å². The first-order chi connectivity index (χ1) is 15.8. The number of ether oxygens (including phenoxy) is 1. The third kappa shape index (κ3) is 12.9. The number of unbranched alkanes of at least 4 members (excludes halogenated alkanes) is 9. The molecule has 0 N–H and O–H groups in total. The van der Waals surface area contributed by atoms with E-state index in [-0.39, 0.29) is 82.1 Å². The van der Waals surface area contributed by atoms with Gasteiger partial charge in [0.15, 0.2) is 0 Å². The van der Waals surface area contributed by atoms with Crippen molar-refractivity contribution >= 4 is 20.2 Å². The molecule has 11 heteroatoms. The molecule has 0 saturated heterocycles. The Bertz CT molecular complexity index is 1070. The largest absolute Gasteiger partial charge is 1.00 e. The van der Waals surface area contributed by atoms with Crippen molar-refractivity contribution in [1.29, 1.82) is 0 Å². The fourth-order valence-electron chi connectivity index (χ4n) is 3.42. The standard InChI is InChI=1S/C24H34O7S2.2Na/c1-2-3-4-5-6-7-8-9-10-15-20-30-33(28,29)24-19-14-12-17-22(24)31-21-16-11-13-18-23(21)32(25,26)27;;/h11-14,16-19H,2-10,15,20H2,1H3,(H,25,26,27);;/q;2*+1/p-1. The smallest absolute Gasteiger partial charge is 0.744 e. The zero-order valence-electron chi connectivity index (χ0n) is 21.1. The van der Waals surface area contributed by atoms with Gasteiger partial charge in [0.25, 0.3) is 0 Å². The maximum atomic E-state index is 12.7. The predicted octanol–water partition coefficient (Wildman–Crippen LogP) is 0.0172. The molecule has 0 atom stereocenters. The van der Waals surface area contributed by atoms with E-state index in [1.807, 2.05) is 0 Å². The summed E-state index contributed by atoms with van der Waals surface area (Å²) in [6, 6.07) is 11.0. The van der Waals surface area contributed by atoms with Crippen LogP contribution < -0.4 is 63.9 Å². The van der Waals surface area contributed by atoms with E-state index in [2.05, 4.69) is 6.92 Å². The summed E-state index contributed by atoms with van der Waals surface area (Å²) in [6.07, 6.45) is 11.3. The molecule has 0 fully saturated rings. The second-order valence-electron chi connectivity index (χ2n) is 7.91. The normalized spacial score (nSPS) is 11.4. The summed E-state index contributed by atoms with van der Waals surface area (Å²) in [5.41, 5.74) is 0. The number of para-hydroxylation sites is 2. The van der Waals surface area contributed by atoms with Gasteiger partial charge in [-0.2, -0.15) is 8.42 Å². The Hall–Kier alpha value is 0.0600. The molecule has 2 aromatic rings. The van der Waals surface area contributed by atoms with Crippen LogP contribution in [0, 0.1) is 0 Å². The van der Waals surface area contributed by atoms with Crippen LogP contribution in [0.4, 0.5) is 0 Å². The van der Waals surface area contributed by atoms with E-state index in [0.717, 1.165) is 25.3 Å². The average molecular weight is 544 g/mol. The van der Waals surface area contributed by atoms with Crippen LogP contribution in [0.2, 0.25) is 0 Å². The van der Waals surface area contributed by atoms with E-state index < -0.39 is 25.1 Å². The molecule has 0 spiro atoms. The maximum absolute atomic E-state index is 12.7. The second kappa shape index (κ2) is 18.3. The van der Waals surface area contributed by atoms with Gasteiger partial charge in [0, 0.05) is 0 Å². The summed E-state index contributed by atoms with van der Waals surface area (Å²) < 4.78 is 70.5. The van der Waals surface area contributed by atoms with Crippen LogP contribution in [0.25, 0.3) is 0 Å². The Morgan fingerprint density at radius 1 is 0.657 bits per heavy atom. The molecule has 0 aliphatic carbocycles. The second-order valence-corrected chi connectivity index (χ2v) is 10.8. The van der Waals surface area contributed by atoms with Gasteiger partial charge in [-0.15, -0.1) is 0 Å². The van der Waals surface area contributed by atoms with Gasteiger partial charge in [-0.25, -0.2) is 8.42 Å². The summed E-state index contributed by atoms with van der Waals surface area (Å²) in [4.78, 5) is -0.793. The van der Waals surface area contributed by atoms with Crippen molar-refractivity contribution in [2.75, 3.05) is 6.61 Å². The van der Waals surface area contributed by atoms with Gasteiger partial charge in [0.2, 0.25) is 0 Å².